The first-order valence-corrected chi connectivity index (χ1v) is 7.06. The molecule has 0 fully saturated rings. The third-order valence-corrected chi connectivity index (χ3v) is 2.77. The highest BCUT2D eigenvalue weighted by Gasteiger charge is 2.32. The average molecular weight is 301 g/mol. The molecule has 0 saturated heterocycles. The summed E-state index contributed by atoms with van der Waals surface area (Å²) in [6.07, 6.45) is 0. The Bertz CT molecular complexity index is 388. The van der Waals surface area contributed by atoms with Crippen LogP contribution in [0, 0.1) is 0 Å². The minimum Gasteiger partial charge on any atom is -0.480 e. The van der Waals surface area contributed by atoms with Gasteiger partial charge in [0.2, 0.25) is 5.91 Å². The van der Waals surface area contributed by atoms with Gasteiger partial charge < -0.3 is 20.2 Å². The maximum atomic E-state index is 12.5. The van der Waals surface area contributed by atoms with Gasteiger partial charge in [-0.3, -0.25) is 9.59 Å². The van der Waals surface area contributed by atoms with Crippen LogP contribution in [0.25, 0.3) is 0 Å². The van der Waals surface area contributed by atoms with Crippen LogP contribution in [0.2, 0.25) is 0 Å². The lowest BCUT2D eigenvalue weighted by atomic mass is 10.1. The molecular formula is C14H27N3O4. The van der Waals surface area contributed by atoms with E-state index in [9.17, 15) is 14.4 Å². The van der Waals surface area contributed by atoms with Crippen molar-refractivity contribution in [1.29, 1.82) is 0 Å². The largest absolute Gasteiger partial charge is 0.480 e. The first-order valence-electron chi connectivity index (χ1n) is 7.06. The second kappa shape index (κ2) is 7.85. The lowest BCUT2D eigenvalue weighted by Gasteiger charge is -2.37. The molecule has 0 aliphatic heterocycles. The van der Waals surface area contributed by atoms with Crippen molar-refractivity contribution >= 4 is 17.9 Å². The Hall–Kier alpha value is -1.79. The number of amides is 3. The maximum Gasteiger partial charge on any atom is 0.323 e. The normalized spacial score (nSPS) is 11.2. The van der Waals surface area contributed by atoms with E-state index in [1.54, 1.807) is 27.7 Å². The van der Waals surface area contributed by atoms with Crippen LogP contribution in [0.4, 0.5) is 4.79 Å². The standard InChI is InChI=1S/C14H27N3O4/c1-7-16(8-11(18)15-10(2)3)13(21)17(9-12(19)20)14(4,5)6/h10H,7-9H2,1-6H3,(H,15,18)(H,19,20). The predicted molar refractivity (Wildman–Crippen MR) is 80.0 cm³/mol. The molecule has 0 bridgehead atoms. The van der Waals surface area contributed by atoms with Crippen molar-refractivity contribution < 1.29 is 19.5 Å². The molecule has 2 N–H and O–H groups in total. The van der Waals surface area contributed by atoms with E-state index < -0.39 is 24.1 Å². The number of hydrogen-bond acceptors (Lipinski definition) is 3. The van der Waals surface area contributed by atoms with E-state index in [1.807, 2.05) is 13.8 Å². The number of aliphatic carboxylic acids is 1. The van der Waals surface area contributed by atoms with E-state index in [4.69, 9.17) is 5.11 Å². The number of rotatable bonds is 6. The topological polar surface area (TPSA) is 90.0 Å². The Kier molecular flexibility index (Phi) is 7.18. The van der Waals surface area contributed by atoms with Gasteiger partial charge in [0.05, 0.1) is 0 Å². The summed E-state index contributed by atoms with van der Waals surface area (Å²) >= 11 is 0. The van der Waals surface area contributed by atoms with Crippen LogP contribution in [-0.4, -0.2) is 64.0 Å². The van der Waals surface area contributed by atoms with E-state index in [2.05, 4.69) is 5.32 Å². The molecule has 0 aromatic carbocycles. The lowest BCUT2D eigenvalue weighted by molar-refractivity contribution is -0.138. The van der Waals surface area contributed by atoms with Crippen molar-refractivity contribution in [2.75, 3.05) is 19.6 Å². The second-order valence-corrected chi connectivity index (χ2v) is 6.17. The van der Waals surface area contributed by atoms with Crippen molar-refractivity contribution in [1.82, 2.24) is 15.1 Å². The number of hydrogen-bond donors (Lipinski definition) is 2. The van der Waals surface area contributed by atoms with Gasteiger partial charge in [0.1, 0.15) is 13.1 Å². The zero-order valence-corrected chi connectivity index (χ0v) is 13.8. The molecule has 0 heterocycles. The number of nitrogens with one attached hydrogen (secondary N) is 1. The van der Waals surface area contributed by atoms with Crippen LogP contribution in [-0.2, 0) is 9.59 Å². The molecule has 122 valence electrons. The molecule has 0 radical (unpaired) electrons. The SMILES string of the molecule is CCN(CC(=O)NC(C)C)C(=O)N(CC(=O)O)C(C)(C)C. The monoisotopic (exact) mass is 301 g/mol. The maximum absolute atomic E-state index is 12.5. The van der Waals surface area contributed by atoms with Crippen molar-refractivity contribution in [3.05, 3.63) is 0 Å². The number of carboxylic acid groups (broad SMARTS) is 1. The van der Waals surface area contributed by atoms with Gasteiger partial charge in [0.15, 0.2) is 0 Å². The van der Waals surface area contributed by atoms with Gasteiger partial charge in [-0.05, 0) is 41.5 Å². The average Bonchev–Trinajstić information content (AvgIpc) is 2.29. The predicted octanol–water partition coefficient (Wildman–Crippen LogP) is 1.14. The van der Waals surface area contributed by atoms with Crippen LogP contribution in [0.3, 0.4) is 0 Å². The minimum atomic E-state index is -1.08. The molecule has 0 aromatic rings. The van der Waals surface area contributed by atoms with Crippen LogP contribution in [0.5, 0.6) is 0 Å². The number of carboxylic acids is 1. The van der Waals surface area contributed by atoms with Crippen LogP contribution in [0.15, 0.2) is 0 Å². The number of carbonyl (C=O) groups is 3. The van der Waals surface area contributed by atoms with Gasteiger partial charge in [-0.15, -0.1) is 0 Å². The number of urea groups is 1. The fourth-order valence-electron chi connectivity index (χ4n) is 1.75. The molecule has 0 aromatic heterocycles. The Balaban J connectivity index is 5.01. The molecule has 0 spiro atoms. The summed E-state index contributed by atoms with van der Waals surface area (Å²) in [4.78, 5) is 37.8. The Morgan fingerprint density at radius 3 is 2.00 bits per heavy atom. The molecular weight excluding hydrogens is 274 g/mol. The fraction of sp³-hybridized carbons (Fsp3) is 0.786. The summed E-state index contributed by atoms with van der Waals surface area (Å²) in [7, 11) is 0. The summed E-state index contributed by atoms with van der Waals surface area (Å²) in [5, 5.41) is 11.7. The number of nitrogens with zero attached hydrogens (tertiary/aromatic N) is 2. The first-order chi connectivity index (χ1) is 9.48. The molecule has 0 rings (SSSR count). The summed E-state index contributed by atoms with van der Waals surface area (Å²) < 4.78 is 0. The van der Waals surface area contributed by atoms with Crippen molar-refractivity contribution in [2.24, 2.45) is 0 Å². The summed E-state index contributed by atoms with van der Waals surface area (Å²) in [5.74, 6) is -1.34. The van der Waals surface area contributed by atoms with Crippen LogP contribution < -0.4 is 5.32 Å². The molecule has 7 heteroatoms. The lowest BCUT2D eigenvalue weighted by Crippen LogP contribution is -2.55. The molecule has 0 saturated carbocycles. The Labute approximate surface area is 126 Å². The van der Waals surface area contributed by atoms with E-state index in [-0.39, 0.29) is 18.5 Å². The Morgan fingerprint density at radius 2 is 1.67 bits per heavy atom. The fourth-order valence-corrected chi connectivity index (χ4v) is 1.75. The van der Waals surface area contributed by atoms with Crippen molar-refractivity contribution in [2.45, 2.75) is 53.1 Å². The molecule has 21 heavy (non-hydrogen) atoms. The van der Waals surface area contributed by atoms with Gasteiger partial charge in [0, 0.05) is 18.1 Å². The van der Waals surface area contributed by atoms with Crippen LogP contribution >= 0.6 is 0 Å². The van der Waals surface area contributed by atoms with Gasteiger partial charge in [0.25, 0.3) is 0 Å². The van der Waals surface area contributed by atoms with Crippen molar-refractivity contribution in [3.8, 4) is 0 Å². The molecule has 7 nitrogen and oxygen atoms in total. The number of carbonyl (C=O) groups excluding carboxylic acids is 2. The first kappa shape index (κ1) is 19.2. The molecule has 0 atom stereocenters. The summed E-state index contributed by atoms with van der Waals surface area (Å²) in [6, 6.07) is -0.463. The quantitative estimate of drug-likeness (QED) is 0.769. The smallest absolute Gasteiger partial charge is 0.323 e. The Morgan fingerprint density at radius 1 is 1.14 bits per heavy atom. The minimum absolute atomic E-state index is 0.0101. The van der Waals surface area contributed by atoms with Gasteiger partial charge >= 0.3 is 12.0 Å². The highest BCUT2D eigenvalue weighted by Crippen LogP contribution is 2.15. The van der Waals surface area contributed by atoms with Crippen molar-refractivity contribution in [3.63, 3.8) is 0 Å². The zero-order valence-electron chi connectivity index (χ0n) is 13.8. The van der Waals surface area contributed by atoms with Crippen LogP contribution in [0.1, 0.15) is 41.5 Å². The van der Waals surface area contributed by atoms with Gasteiger partial charge in [-0.1, -0.05) is 0 Å². The van der Waals surface area contributed by atoms with E-state index >= 15 is 0 Å². The van der Waals surface area contributed by atoms with E-state index in [1.165, 1.54) is 9.80 Å². The third kappa shape index (κ3) is 6.97. The summed E-state index contributed by atoms with van der Waals surface area (Å²) in [5.41, 5.74) is -0.641. The third-order valence-electron chi connectivity index (χ3n) is 2.77. The molecule has 0 aliphatic rings. The van der Waals surface area contributed by atoms with Gasteiger partial charge in [-0.2, -0.15) is 0 Å². The van der Waals surface area contributed by atoms with E-state index in [0.29, 0.717) is 6.54 Å². The van der Waals surface area contributed by atoms with E-state index in [0.717, 1.165) is 0 Å². The molecule has 0 aliphatic carbocycles. The zero-order chi connectivity index (χ0) is 16.8. The number of likely N-dealkylation sites (N-methyl/N-ethyl adjacent to an activating group) is 1. The molecule has 0 unspecified atom stereocenters. The summed E-state index contributed by atoms with van der Waals surface area (Å²) in [6.45, 7) is 10.6. The van der Waals surface area contributed by atoms with Gasteiger partial charge in [-0.25, -0.2) is 4.79 Å². The molecule has 3 amide bonds. The highest BCUT2D eigenvalue weighted by molar-refractivity contribution is 5.86. The second-order valence-electron chi connectivity index (χ2n) is 6.17. The highest BCUT2D eigenvalue weighted by atomic mass is 16.4.